The third kappa shape index (κ3) is 8.79. The molecule has 2 atom stereocenters. The molecule has 0 bridgehead atoms. The Bertz CT molecular complexity index is 550. The van der Waals surface area contributed by atoms with Crippen LogP contribution in [-0.4, -0.2) is 28.1 Å². The highest BCUT2D eigenvalue weighted by molar-refractivity contribution is 8.93. The van der Waals surface area contributed by atoms with Gasteiger partial charge in [-0.1, -0.05) is 52.4 Å². The minimum Gasteiger partial charge on any atom is -0.478 e. The summed E-state index contributed by atoms with van der Waals surface area (Å²) >= 11 is 0. The predicted molar refractivity (Wildman–Crippen MR) is 108 cm³/mol. The molecular weight excluding hydrogens is 398 g/mol. The number of rotatable bonds is 12. The maximum atomic E-state index is 12.0. The first-order valence-electron chi connectivity index (χ1n) is 9.34. The maximum absolute atomic E-state index is 12.0. The third-order valence-electron chi connectivity index (χ3n) is 4.58. The summed E-state index contributed by atoms with van der Waals surface area (Å²) in [5.74, 6) is -1.43. The molecular formula is C20H32BrNO4. The lowest BCUT2D eigenvalue weighted by atomic mass is 9.93. The number of carboxylic acid groups (broad SMARTS) is 1. The van der Waals surface area contributed by atoms with E-state index in [0.717, 1.165) is 19.3 Å². The van der Waals surface area contributed by atoms with E-state index in [0.29, 0.717) is 12.0 Å². The fourth-order valence-corrected chi connectivity index (χ4v) is 2.83. The van der Waals surface area contributed by atoms with Crippen molar-refractivity contribution in [2.75, 3.05) is 0 Å². The second-order valence-corrected chi connectivity index (χ2v) is 6.62. The quantitative estimate of drug-likeness (QED) is 0.348. The lowest BCUT2D eigenvalue weighted by molar-refractivity contribution is -0.149. The second-order valence-electron chi connectivity index (χ2n) is 6.62. The van der Waals surface area contributed by atoms with Crippen molar-refractivity contribution in [3.05, 3.63) is 29.6 Å². The van der Waals surface area contributed by atoms with E-state index in [4.69, 9.17) is 4.74 Å². The van der Waals surface area contributed by atoms with Crippen molar-refractivity contribution in [2.45, 2.75) is 84.2 Å². The minimum atomic E-state index is -1.02. The molecule has 148 valence electrons. The number of hydrogen-bond acceptors (Lipinski definition) is 4. The Morgan fingerprint density at radius 2 is 1.73 bits per heavy atom. The highest BCUT2D eigenvalue weighted by Gasteiger charge is 2.23. The largest absolute Gasteiger partial charge is 0.478 e. The van der Waals surface area contributed by atoms with Crippen molar-refractivity contribution in [1.82, 2.24) is 4.98 Å². The molecule has 6 heteroatoms. The van der Waals surface area contributed by atoms with Crippen molar-refractivity contribution >= 4 is 28.9 Å². The van der Waals surface area contributed by atoms with Crippen LogP contribution in [0.1, 0.15) is 94.0 Å². The molecule has 2 unspecified atom stereocenters. The summed E-state index contributed by atoms with van der Waals surface area (Å²) < 4.78 is 5.49. The highest BCUT2D eigenvalue weighted by atomic mass is 79.9. The summed E-state index contributed by atoms with van der Waals surface area (Å²) in [6, 6.07) is 1.68. The predicted octanol–water partition coefficient (Wildman–Crippen LogP) is 5.53. The summed E-state index contributed by atoms with van der Waals surface area (Å²) in [6.45, 7) is 5.87. The fourth-order valence-electron chi connectivity index (χ4n) is 2.83. The van der Waals surface area contributed by atoms with Gasteiger partial charge in [0.25, 0.3) is 0 Å². The van der Waals surface area contributed by atoms with Crippen LogP contribution in [-0.2, 0) is 9.53 Å². The molecule has 1 aromatic rings. The normalized spacial score (nSPS) is 12.7. The van der Waals surface area contributed by atoms with Gasteiger partial charge in [0.2, 0.25) is 0 Å². The van der Waals surface area contributed by atoms with Crippen LogP contribution >= 0.6 is 17.0 Å². The number of nitrogens with zero attached hydrogens (tertiary/aromatic N) is 1. The smallest absolute Gasteiger partial charge is 0.337 e. The summed E-state index contributed by atoms with van der Waals surface area (Å²) in [5.41, 5.74) is 0.795. The molecule has 1 aromatic heterocycles. The Kier molecular flexibility index (Phi) is 13.0. The van der Waals surface area contributed by atoms with Gasteiger partial charge in [0, 0.05) is 24.7 Å². The Hall–Kier alpha value is -1.43. The van der Waals surface area contributed by atoms with Gasteiger partial charge in [0.05, 0.1) is 5.56 Å². The SMILES string of the molecule is Br.CCCCCCCCCC(=O)OC(C)C(C)c1ccncc1C(=O)O. The molecule has 0 aromatic carbocycles. The second kappa shape index (κ2) is 13.7. The van der Waals surface area contributed by atoms with Gasteiger partial charge in [-0.3, -0.25) is 9.78 Å². The van der Waals surface area contributed by atoms with Gasteiger partial charge >= 0.3 is 11.9 Å². The number of hydrogen-bond donors (Lipinski definition) is 1. The highest BCUT2D eigenvalue weighted by Crippen LogP contribution is 2.25. The van der Waals surface area contributed by atoms with E-state index in [1.807, 2.05) is 6.92 Å². The molecule has 0 aliphatic carbocycles. The summed E-state index contributed by atoms with van der Waals surface area (Å²) in [4.78, 5) is 27.1. The molecule has 1 heterocycles. The molecule has 0 amide bonds. The molecule has 0 saturated heterocycles. The zero-order chi connectivity index (χ0) is 18.7. The molecule has 1 rings (SSSR count). The Morgan fingerprint density at radius 3 is 2.35 bits per heavy atom. The van der Waals surface area contributed by atoms with Gasteiger partial charge in [-0.15, -0.1) is 17.0 Å². The van der Waals surface area contributed by atoms with E-state index in [1.54, 1.807) is 19.2 Å². The molecule has 0 spiro atoms. The summed E-state index contributed by atoms with van der Waals surface area (Å²) in [6.07, 6.45) is 11.0. The van der Waals surface area contributed by atoms with Crippen LogP contribution in [0.2, 0.25) is 0 Å². The van der Waals surface area contributed by atoms with Crippen molar-refractivity contribution < 1.29 is 19.4 Å². The van der Waals surface area contributed by atoms with Gasteiger partial charge < -0.3 is 9.84 Å². The summed E-state index contributed by atoms with van der Waals surface area (Å²) in [7, 11) is 0. The molecule has 0 saturated carbocycles. The number of unbranched alkanes of at least 4 members (excludes halogenated alkanes) is 6. The number of carboxylic acids is 1. The summed E-state index contributed by atoms with van der Waals surface area (Å²) in [5, 5.41) is 9.25. The zero-order valence-corrected chi connectivity index (χ0v) is 17.8. The standard InChI is InChI=1S/C20H31NO4.BrH/c1-4-5-6-7-8-9-10-11-19(22)25-16(3)15(2)17-12-13-21-14-18(17)20(23)24;/h12-16H,4-11H2,1-3H3,(H,23,24);1H. The van der Waals surface area contributed by atoms with E-state index >= 15 is 0 Å². The van der Waals surface area contributed by atoms with Crippen molar-refractivity contribution in [1.29, 1.82) is 0 Å². The molecule has 0 radical (unpaired) electrons. The molecule has 5 nitrogen and oxygen atoms in total. The van der Waals surface area contributed by atoms with Gasteiger partial charge in [0.1, 0.15) is 6.10 Å². The number of esters is 1. The van der Waals surface area contributed by atoms with E-state index in [9.17, 15) is 14.7 Å². The van der Waals surface area contributed by atoms with E-state index in [1.165, 1.54) is 31.9 Å². The number of halogens is 1. The van der Waals surface area contributed by atoms with Crippen LogP contribution in [0.5, 0.6) is 0 Å². The van der Waals surface area contributed by atoms with E-state index < -0.39 is 5.97 Å². The van der Waals surface area contributed by atoms with Crippen molar-refractivity contribution in [3.8, 4) is 0 Å². The maximum Gasteiger partial charge on any atom is 0.337 e. The fraction of sp³-hybridized carbons (Fsp3) is 0.650. The number of carbonyl (C=O) groups excluding carboxylic acids is 1. The van der Waals surface area contributed by atoms with Gasteiger partial charge in [-0.25, -0.2) is 4.79 Å². The van der Waals surface area contributed by atoms with Gasteiger partial charge in [-0.2, -0.15) is 0 Å². The zero-order valence-electron chi connectivity index (χ0n) is 16.1. The Morgan fingerprint density at radius 1 is 1.12 bits per heavy atom. The van der Waals surface area contributed by atoms with Gasteiger partial charge in [-0.05, 0) is 25.0 Å². The molecule has 0 fully saturated rings. The minimum absolute atomic E-state index is 0. The molecule has 0 aliphatic rings. The third-order valence-corrected chi connectivity index (χ3v) is 4.58. The Labute approximate surface area is 167 Å². The van der Waals surface area contributed by atoms with Crippen LogP contribution in [0.25, 0.3) is 0 Å². The first-order chi connectivity index (χ1) is 12.0. The number of ether oxygens (including phenoxy) is 1. The first-order valence-corrected chi connectivity index (χ1v) is 9.34. The van der Waals surface area contributed by atoms with E-state index in [-0.39, 0.29) is 40.5 Å². The average molecular weight is 430 g/mol. The van der Waals surface area contributed by atoms with Gasteiger partial charge in [0.15, 0.2) is 0 Å². The number of carbonyl (C=O) groups is 2. The van der Waals surface area contributed by atoms with Crippen molar-refractivity contribution in [2.24, 2.45) is 0 Å². The molecule has 0 aliphatic heterocycles. The van der Waals surface area contributed by atoms with Crippen LogP contribution in [0.15, 0.2) is 18.5 Å². The van der Waals surface area contributed by atoms with E-state index in [2.05, 4.69) is 11.9 Å². The topological polar surface area (TPSA) is 76.5 Å². The Balaban J connectivity index is 0.00000625. The van der Waals surface area contributed by atoms with Crippen LogP contribution in [0.3, 0.4) is 0 Å². The molecule has 1 N–H and O–H groups in total. The number of aromatic carboxylic acids is 1. The molecule has 26 heavy (non-hydrogen) atoms. The number of aromatic nitrogens is 1. The first kappa shape index (κ1) is 24.6. The van der Waals surface area contributed by atoms with Crippen LogP contribution in [0.4, 0.5) is 0 Å². The number of pyridine rings is 1. The monoisotopic (exact) mass is 429 g/mol. The van der Waals surface area contributed by atoms with Crippen LogP contribution < -0.4 is 0 Å². The lowest BCUT2D eigenvalue weighted by Crippen LogP contribution is -2.22. The van der Waals surface area contributed by atoms with Crippen molar-refractivity contribution in [3.63, 3.8) is 0 Å². The van der Waals surface area contributed by atoms with Crippen LogP contribution in [0, 0.1) is 0 Å². The lowest BCUT2D eigenvalue weighted by Gasteiger charge is -2.22. The average Bonchev–Trinajstić information content (AvgIpc) is 2.60.